The zero-order valence-corrected chi connectivity index (χ0v) is 19.6. The van der Waals surface area contributed by atoms with E-state index >= 15 is 0 Å². The quantitative estimate of drug-likeness (QED) is 0.540. The monoisotopic (exact) mass is 492 g/mol. The molecule has 9 nitrogen and oxygen atoms in total. The van der Waals surface area contributed by atoms with E-state index in [9.17, 15) is 14.4 Å². The summed E-state index contributed by atoms with van der Waals surface area (Å²) in [5, 5.41) is 5.17. The zero-order valence-electron chi connectivity index (χ0n) is 18.8. The zero-order chi connectivity index (χ0) is 24.2. The first-order valence-corrected chi connectivity index (χ1v) is 12.2. The fourth-order valence-electron chi connectivity index (χ4n) is 3.69. The van der Waals surface area contributed by atoms with Gasteiger partial charge in [0, 0.05) is 23.2 Å². The van der Waals surface area contributed by atoms with Gasteiger partial charge in [-0.1, -0.05) is 30.3 Å². The minimum atomic E-state index is -0.875. The van der Waals surface area contributed by atoms with Gasteiger partial charge in [0.25, 0.3) is 11.8 Å². The van der Waals surface area contributed by atoms with E-state index in [1.807, 2.05) is 30.3 Å². The predicted molar refractivity (Wildman–Crippen MR) is 129 cm³/mol. The number of thiazole rings is 1. The van der Waals surface area contributed by atoms with E-state index in [1.165, 1.54) is 21.1 Å². The molecule has 3 amide bonds. The van der Waals surface area contributed by atoms with Crippen molar-refractivity contribution in [1.82, 2.24) is 15.2 Å². The standard InChI is InChI=1S/C25H24N4O5S/c30-22(27-19-8-9-19)18-6-10-20(11-7-18)29(24-26-12-13-35-24)23(31)21-15-33-16-28(21)25(32)34-14-17-4-2-1-3-5-17/h1-7,10-13,19,21H,8-9,14-16H2,(H,27,30). The topological polar surface area (TPSA) is 101 Å². The van der Waals surface area contributed by atoms with Crippen molar-refractivity contribution < 1.29 is 23.9 Å². The molecule has 5 rings (SSSR count). The van der Waals surface area contributed by atoms with Crippen LogP contribution < -0.4 is 10.2 Å². The molecule has 1 aliphatic heterocycles. The number of benzene rings is 2. The van der Waals surface area contributed by atoms with Crippen LogP contribution in [0.4, 0.5) is 15.6 Å². The molecule has 3 aromatic rings. The highest BCUT2D eigenvalue weighted by atomic mass is 32.1. The first-order chi connectivity index (χ1) is 17.1. The largest absolute Gasteiger partial charge is 0.444 e. The highest BCUT2D eigenvalue weighted by molar-refractivity contribution is 7.13. The summed E-state index contributed by atoms with van der Waals surface area (Å²) in [5.41, 5.74) is 1.90. The van der Waals surface area contributed by atoms with E-state index in [1.54, 1.807) is 35.8 Å². The lowest BCUT2D eigenvalue weighted by Gasteiger charge is -2.27. The van der Waals surface area contributed by atoms with Crippen LogP contribution in [0.2, 0.25) is 0 Å². The van der Waals surface area contributed by atoms with E-state index in [0.717, 1.165) is 18.4 Å². The Kier molecular flexibility index (Phi) is 6.73. The lowest BCUT2D eigenvalue weighted by atomic mass is 10.1. The van der Waals surface area contributed by atoms with Crippen molar-refractivity contribution in [3.63, 3.8) is 0 Å². The number of carbonyl (C=O) groups is 3. The molecule has 2 heterocycles. The Balaban J connectivity index is 1.33. The van der Waals surface area contributed by atoms with Gasteiger partial charge >= 0.3 is 6.09 Å². The molecule has 2 aliphatic rings. The number of ether oxygens (including phenoxy) is 2. The Labute approximate surface area is 206 Å². The Morgan fingerprint density at radius 2 is 1.89 bits per heavy atom. The summed E-state index contributed by atoms with van der Waals surface area (Å²) in [6, 6.07) is 15.5. The lowest BCUT2D eigenvalue weighted by molar-refractivity contribution is -0.121. The van der Waals surface area contributed by atoms with Gasteiger partial charge in [-0.3, -0.25) is 19.4 Å². The lowest BCUT2D eigenvalue weighted by Crippen LogP contribution is -2.47. The van der Waals surface area contributed by atoms with E-state index in [-0.39, 0.29) is 37.8 Å². The van der Waals surface area contributed by atoms with Crippen molar-refractivity contribution in [1.29, 1.82) is 0 Å². The van der Waals surface area contributed by atoms with Crippen LogP contribution in [0.3, 0.4) is 0 Å². The molecule has 1 saturated heterocycles. The maximum Gasteiger partial charge on any atom is 0.412 e. The molecular weight excluding hydrogens is 468 g/mol. The van der Waals surface area contributed by atoms with E-state index in [4.69, 9.17) is 9.47 Å². The van der Waals surface area contributed by atoms with Crippen LogP contribution in [0, 0.1) is 0 Å². The second kappa shape index (κ2) is 10.2. The average molecular weight is 493 g/mol. The molecule has 0 spiro atoms. The molecular formula is C25H24N4O5S. The normalized spacial score (nSPS) is 17.1. The van der Waals surface area contributed by atoms with E-state index in [0.29, 0.717) is 16.4 Å². The molecule has 10 heteroatoms. The SMILES string of the molecule is O=C(NC1CC1)c1ccc(N(C(=O)C2COCN2C(=O)OCc2ccccc2)c2nccs2)cc1. The number of hydrogen-bond donors (Lipinski definition) is 1. The predicted octanol–water partition coefficient (Wildman–Crippen LogP) is 3.70. The summed E-state index contributed by atoms with van der Waals surface area (Å²) in [5.74, 6) is -0.507. The number of carbonyl (C=O) groups excluding carboxylic acids is 3. The molecule has 35 heavy (non-hydrogen) atoms. The van der Waals surface area contributed by atoms with Gasteiger partial charge in [-0.05, 0) is 42.7 Å². The van der Waals surface area contributed by atoms with Crippen molar-refractivity contribution in [3.8, 4) is 0 Å². The molecule has 0 radical (unpaired) electrons. The first-order valence-electron chi connectivity index (χ1n) is 11.3. The van der Waals surface area contributed by atoms with Gasteiger partial charge in [-0.25, -0.2) is 9.78 Å². The molecule has 1 unspecified atom stereocenters. The fraction of sp³-hybridized carbons (Fsp3) is 0.280. The first kappa shape index (κ1) is 23.0. The van der Waals surface area contributed by atoms with Gasteiger partial charge in [-0.15, -0.1) is 11.3 Å². The summed E-state index contributed by atoms with van der Waals surface area (Å²) in [7, 11) is 0. The van der Waals surface area contributed by atoms with Gasteiger partial charge in [0.05, 0.1) is 12.3 Å². The summed E-state index contributed by atoms with van der Waals surface area (Å²) < 4.78 is 10.9. The molecule has 2 aromatic carbocycles. The minimum absolute atomic E-state index is 0.0447. The number of anilines is 2. The summed E-state index contributed by atoms with van der Waals surface area (Å²) in [6.45, 7) is 0.0939. The fourth-order valence-corrected chi connectivity index (χ4v) is 4.36. The van der Waals surface area contributed by atoms with Gasteiger partial charge in [0.2, 0.25) is 0 Å². The van der Waals surface area contributed by atoms with Gasteiger partial charge in [-0.2, -0.15) is 0 Å². The van der Waals surface area contributed by atoms with Gasteiger partial charge in [0.15, 0.2) is 5.13 Å². The second-order valence-corrected chi connectivity index (χ2v) is 9.18. The van der Waals surface area contributed by atoms with Crippen LogP contribution in [0.15, 0.2) is 66.2 Å². The minimum Gasteiger partial charge on any atom is -0.444 e. The van der Waals surface area contributed by atoms with Crippen molar-refractivity contribution in [2.75, 3.05) is 18.2 Å². The molecule has 0 bridgehead atoms. The third-order valence-electron chi connectivity index (χ3n) is 5.74. The maximum atomic E-state index is 13.7. The van der Waals surface area contributed by atoms with Crippen LogP contribution >= 0.6 is 11.3 Å². The molecule has 1 aromatic heterocycles. The summed E-state index contributed by atoms with van der Waals surface area (Å²) in [6.07, 6.45) is 2.98. The average Bonchev–Trinajstić information content (AvgIpc) is 3.33. The third-order valence-corrected chi connectivity index (χ3v) is 6.49. The molecule has 1 N–H and O–H groups in total. The smallest absolute Gasteiger partial charge is 0.412 e. The second-order valence-electron chi connectivity index (χ2n) is 8.31. The van der Waals surface area contributed by atoms with Gasteiger partial charge < -0.3 is 14.8 Å². The van der Waals surface area contributed by atoms with E-state index in [2.05, 4.69) is 10.3 Å². The van der Waals surface area contributed by atoms with Crippen LogP contribution in [-0.2, 0) is 20.9 Å². The maximum absolute atomic E-state index is 13.7. The number of rotatable bonds is 7. The van der Waals surface area contributed by atoms with Crippen LogP contribution in [0.25, 0.3) is 0 Å². The van der Waals surface area contributed by atoms with Crippen LogP contribution in [0.1, 0.15) is 28.8 Å². The number of hydrogen-bond acceptors (Lipinski definition) is 7. The van der Waals surface area contributed by atoms with Crippen molar-refractivity contribution in [3.05, 3.63) is 77.3 Å². The Morgan fingerprint density at radius 3 is 2.57 bits per heavy atom. The highest BCUT2D eigenvalue weighted by Crippen LogP contribution is 2.30. The third kappa shape index (κ3) is 5.33. The Bertz CT molecular complexity index is 1180. The van der Waals surface area contributed by atoms with Crippen LogP contribution in [0.5, 0.6) is 0 Å². The Hall–Kier alpha value is -3.76. The number of nitrogens with zero attached hydrogens (tertiary/aromatic N) is 3. The number of amides is 3. The van der Waals surface area contributed by atoms with Crippen molar-refractivity contribution in [2.45, 2.75) is 31.5 Å². The van der Waals surface area contributed by atoms with Crippen LogP contribution in [-0.4, -0.2) is 53.2 Å². The molecule has 2 fully saturated rings. The van der Waals surface area contributed by atoms with E-state index < -0.39 is 12.1 Å². The highest BCUT2D eigenvalue weighted by Gasteiger charge is 2.40. The molecule has 180 valence electrons. The van der Waals surface area contributed by atoms with Crippen molar-refractivity contribution >= 4 is 40.1 Å². The summed E-state index contributed by atoms with van der Waals surface area (Å²) >= 11 is 1.30. The van der Waals surface area contributed by atoms with Gasteiger partial charge in [0.1, 0.15) is 19.4 Å². The summed E-state index contributed by atoms with van der Waals surface area (Å²) in [4.78, 5) is 45.9. The number of nitrogens with one attached hydrogen (secondary N) is 1. The molecule has 1 atom stereocenters. The molecule has 1 aliphatic carbocycles. The number of aromatic nitrogens is 1. The molecule has 1 saturated carbocycles. The Morgan fingerprint density at radius 1 is 1.11 bits per heavy atom. The van der Waals surface area contributed by atoms with Crippen molar-refractivity contribution in [2.24, 2.45) is 0 Å².